The molecule has 1 heterocycles. The zero-order valence-corrected chi connectivity index (χ0v) is 16.7. The van der Waals surface area contributed by atoms with Gasteiger partial charge in [-0.3, -0.25) is 0 Å². The number of nitrogens with zero attached hydrogens (tertiary/aromatic N) is 1. The Morgan fingerprint density at radius 1 is 1.22 bits per heavy atom. The first-order valence-corrected chi connectivity index (χ1v) is 9.04. The predicted molar refractivity (Wildman–Crippen MR) is 97.7 cm³/mol. The lowest BCUT2D eigenvalue weighted by Crippen LogP contribution is -2.33. The number of hydrogen-bond acceptors (Lipinski definition) is 3. The summed E-state index contributed by atoms with van der Waals surface area (Å²) in [5.74, 6) is 1.76. The van der Waals surface area contributed by atoms with Gasteiger partial charge in [-0.2, -0.15) is 0 Å². The van der Waals surface area contributed by atoms with Gasteiger partial charge in [-0.05, 0) is 87.9 Å². The molecule has 23 heavy (non-hydrogen) atoms. The molecule has 128 valence electrons. The number of ether oxygens (including phenoxy) is 2. The Kier molecular flexibility index (Phi) is 5.44. The Hall–Kier alpha value is -1.03. The molecule has 0 unspecified atom stereocenters. The smallest absolute Gasteiger partial charge is 0.213 e. The maximum atomic E-state index is 6.31. The highest BCUT2D eigenvalue weighted by Gasteiger charge is 2.34. The molecule has 4 heteroatoms. The number of halogens is 1. The number of aryl methyl sites for hydroxylation is 1. The van der Waals surface area contributed by atoms with Gasteiger partial charge in [0.2, 0.25) is 5.88 Å². The van der Waals surface area contributed by atoms with E-state index >= 15 is 0 Å². The molecule has 3 nitrogen and oxygen atoms in total. The average Bonchev–Trinajstić information content (AvgIpc) is 2.36. The maximum absolute atomic E-state index is 6.31. The minimum Gasteiger partial charge on any atom is -0.492 e. The van der Waals surface area contributed by atoms with Crippen molar-refractivity contribution < 1.29 is 9.47 Å². The molecule has 2 rings (SSSR count). The summed E-state index contributed by atoms with van der Waals surface area (Å²) in [4.78, 5) is 4.33. The van der Waals surface area contributed by atoms with Crippen molar-refractivity contribution in [1.29, 1.82) is 0 Å². The van der Waals surface area contributed by atoms with Crippen molar-refractivity contribution in [3.63, 3.8) is 0 Å². The molecule has 1 aliphatic rings. The topological polar surface area (TPSA) is 31.4 Å². The largest absolute Gasteiger partial charge is 0.492 e. The Balaban J connectivity index is 2.13. The lowest BCUT2D eigenvalue weighted by atomic mass is 9.81. The molecule has 0 amide bonds. The van der Waals surface area contributed by atoms with E-state index in [0.29, 0.717) is 12.5 Å². The van der Waals surface area contributed by atoms with Crippen LogP contribution in [0.15, 0.2) is 28.1 Å². The fourth-order valence-corrected chi connectivity index (χ4v) is 2.70. The zero-order valence-electron chi connectivity index (χ0n) is 15.1. The normalized spacial score (nSPS) is 15.2. The monoisotopic (exact) mass is 381 g/mol. The maximum Gasteiger partial charge on any atom is 0.213 e. The molecule has 1 saturated carbocycles. The van der Waals surface area contributed by atoms with E-state index < -0.39 is 0 Å². The summed E-state index contributed by atoms with van der Waals surface area (Å²) >= 11 is 3.47. The van der Waals surface area contributed by atoms with Crippen LogP contribution in [0.4, 0.5) is 0 Å². The van der Waals surface area contributed by atoms with Crippen LogP contribution in [0.5, 0.6) is 5.88 Å². The summed E-state index contributed by atoms with van der Waals surface area (Å²) in [5, 5.41) is 0. The summed E-state index contributed by atoms with van der Waals surface area (Å²) < 4.78 is 13.3. The van der Waals surface area contributed by atoms with Crippen molar-refractivity contribution in [2.75, 3.05) is 6.61 Å². The van der Waals surface area contributed by atoms with Crippen LogP contribution in [0, 0.1) is 12.3 Å². The van der Waals surface area contributed by atoms with Gasteiger partial charge in [0, 0.05) is 16.7 Å². The predicted octanol–water partition coefficient (Wildman–Crippen LogP) is 5.81. The summed E-state index contributed by atoms with van der Waals surface area (Å²) in [5.41, 5.74) is 2.19. The standard InChI is InChI=1S/C19H28BrNO2/c1-13-10-16(21-11-15(13)20)22-12-19(5,6)17(14-8-7-9-14)23-18(2,3)4/h10-11H,7-9,12H2,1-6H3. The second-order valence-corrected chi connectivity index (χ2v) is 8.80. The van der Waals surface area contributed by atoms with Crippen LogP contribution in [0.25, 0.3) is 0 Å². The van der Waals surface area contributed by atoms with Crippen LogP contribution >= 0.6 is 15.9 Å². The Morgan fingerprint density at radius 3 is 2.35 bits per heavy atom. The average molecular weight is 382 g/mol. The second-order valence-electron chi connectivity index (χ2n) is 7.94. The lowest BCUT2D eigenvalue weighted by Gasteiger charge is -2.37. The summed E-state index contributed by atoms with van der Waals surface area (Å²) in [7, 11) is 0. The number of pyridine rings is 1. The van der Waals surface area contributed by atoms with Crippen molar-refractivity contribution in [1.82, 2.24) is 4.98 Å². The number of aromatic nitrogens is 1. The second kappa shape index (κ2) is 6.84. The lowest BCUT2D eigenvalue weighted by molar-refractivity contribution is 0.00140. The highest BCUT2D eigenvalue weighted by Crippen LogP contribution is 2.40. The van der Waals surface area contributed by atoms with Gasteiger partial charge in [-0.1, -0.05) is 0 Å². The van der Waals surface area contributed by atoms with E-state index in [-0.39, 0.29) is 11.0 Å². The number of rotatable bonds is 5. The van der Waals surface area contributed by atoms with Gasteiger partial charge in [0.25, 0.3) is 0 Å². The van der Waals surface area contributed by atoms with Crippen molar-refractivity contribution >= 4 is 15.9 Å². The van der Waals surface area contributed by atoms with Crippen molar-refractivity contribution in [3.8, 4) is 5.88 Å². The third-order valence-corrected chi connectivity index (χ3v) is 4.73. The molecule has 0 saturated heterocycles. The van der Waals surface area contributed by atoms with Gasteiger partial charge < -0.3 is 9.47 Å². The van der Waals surface area contributed by atoms with Gasteiger partial charge in [0.1, 0.15) is 18.0 Å². The van der Waals surface area contributed by atoms with Crippen molar-refractivity contribution in [2.24, 2.45) is 5.41 Å². The molecular formula is C19H28BrNO2. The van der Waals surface area contributed by atoms with E-state index in [9.17, 15) is 0 Å². The van der Waals surface area contributed by atoms with Crippen LogP contribution in [0.3, 0.4) is 0 Å². The van der Waals surface area contributed by atoms with Crippen LogP contribution in [-0.2, 0) is 4.74 Å². The van der Waals surface area contributed by atoms with Crippen molar-refractivity contribution in [2.45, 2.75) is 66.4 Å². The highest BCUT2D eigenvalue weighted by molar-refractivity contribution is 9.10. The molecule has 0 bridgehead atoms. The van der Waals surface area contributed by atoms with Crippen molar-refractivity contribution in [3.05, 3.63) is 33.6 Å². The molecular weight excluding hydrogens is 354 g/mol. The van der Waals surface area contributed by atoms with E-state index in [0.717, 1.165) is 28.6 Å². The summed E-state index contributed by atoms with van der Waals surface area (Å²) in [6.45, 7) is 13.3. The third-order valence-electron chi connectivity index (χ3n) is 3.90. The minimum absolute atomic E-state index is 0.175. The first-order chi connectivity index (χ1) is 10.6. The Labute approximate surface area is 148 Å². The molecule has 0 aromatic carbocycles. The van der Waals surface area contributed by atoms with Gasteiger partial charge in [-0.15, -0.1) is 0 Å². The van der Waals surface area contributed by atoms with E-state index in [2.05, 4.69) is 55.5 Å². The minimum atomic E-state index is -0.193. The van der Waals surface area contributed by atoms with Gasteiger partial charge >= 0.3 is 0 Å². The summed E-state index contributed by atoms with van der Waals surface area (Å²) in [6, 6.07) is 1.96. The molecule has 1 aromatic rings. The van der Waals surface area contributed by atoms with Crippen LogP contribution in [-0.4, -0.2) is 17.2 Å². The van der Waals surface area contributed by atoms with E-state index in [1.807, 2.05) is 13.0 Å². The van der Waals surface area contributed by atoms with Crippen LogP contribution in [0.1, 0.15) is 59.4 Å². The molecule has 1 fully saturated rings. The van der Waals surface area contributed by atoms with Crippen LogP contribution < -0.4 is 4.74 Å². The Bertz CT molecular complexity index is 594. The van der Waals surface area contributed by atoms with E-state index in [1.165, 1.54) is 12.0 Å². The number of allylic oxidation sites excluding steroid dienone is 1. The molecule has 0 spiro atoms. The quantitative estimate of drug-likeness (QED) is 0.602. The molecule has 0 atom stereocenters. The molecule has 0 aliphatic heterocycles. The first kappa shape index (κ1) is 18.3. The first-order valence-electron chi connectivity index (χ1n) is 8.25. The fourth-order valence-electron chi connectivity index (χ4n) is 2.49. The molecule has 0 N–H and O–H groups in total. The number of hydrogen-bond donors (Lipinski definition) is 0. The highest BCUT2D eigenvalue weighted by atomic mass is 79.9. The van der Waals surface area contributed by atoms with E-state index in [1.54, 1.807) is 6.20 Å². The van der Waals surface area contributed by atoms with Gasteiger partial charge in [0.05, 0.1) is 5.41 Å². The summed E-state index contributed by atoms with van der Waals surface area (Å²) in [6.07, 6.45) is 5.33. The van der Waals surface area contributed by atoms with Crippen LogP contribution in [0.2, 0.25) is 0 Å². The zero-order chi connectivity index (χ0) is 17.3. The third kappa shape index (κ3) is 4.97. The molecule has 1 aromatic heterocycles. The fraction of sp³-hybridized carbons (Fsp3) is 0.632. The molecule has 0 radical (unpaired) electrons. The molecule has 1 aliphatic carbocycles. The SMILES string of the molecule is Cc1cc(OCC(C)(C)C(OC(C)(C)C)=C2CCC2)ncc1Br. The Morgan fingerprint density at radius 2 is 1.87 bits per heavy atom. The van der Waals surface area contributed by atoms with Gasteiger partial charge in [-0.25, -0.2) is 4.98 Å². The van der Waals surface area contributed by atoms with E-state index in [4.69, 9.17) is 9.47 Å². The van der Waals surface area contributed by atoms with Gasteiger partial charge in [0.15, 0.2) is 0 Å².